The fourth-order valence-corrected chi connectivity index (χ4v) is 5.25. The molecule has 0 unspecified atom stereocenters. The minimum atomic E-state index is 0.933. The first-order chi connectivity index (χ1) is 12.4. The van der Waals surface area contributed by atoms with Crippen LogP contribution in [0, 0.1) is 0 Å². The Morgan fingerprint density at radius 2 is 1.80 bits per heavy atom. The molecule has 4 heteroatoms. The van der Waals surface area contributed by atoms with Gasteiger partial charge in [-0.05, 0) is 24.3 Å². The molecule has 0 radical (unpaired) electrons. The highest BCUT2D eigenvalue weighted by Gasteiger charge is 2.33. The number of thiazole rings is 1. The highest BCUT2D eigenvalue weighted by Crippen LogP contribution is 2.40. The Hall–Kier alpha value is -2.98. The summed E-state index contributed by atoms with van der Waals surface area (Å²) in [5, 5.41) is 2.63. The molecule has 0 aliphatic carbocycles. The Labute approximate surface area is 148 Å². The van der Waals surface area contributed by atoms with Gasteiger partial charge >= 0.3 is 5.65 Å². The molecule has 25 heavy (non-hydrogen) atoms. The van der Waals surface area contributed by atoms with Crippen molar-refractivity contribution < 1.29 is 4.57 Å². The van der Waals surface area contributed by atoms with Gasteiger partial charge in [0.15, 0.2) is 10.5 Å². The predicted molar refractivity (Wildman–Crippen MR) is 101 cm³/mol. The van der Waals surface area contributed by atoms with E-state index >= 15 is 0 Å². The summed E-state index contributed by atoms with van der Waals surface area (Å²) in [6, 6.07) is 21.4. The van der Waals surface area contributed by atoms with E-state index in [4.69, 9.17) is 0 Å². The van der Waals surface area contributed by atoms with Crippen LogP contribution in [0.3, 0.4) is 0 Å². The summed E-state index contributed by atoms with van der Waals surface area (Å²) in [5.74, 6) is 0. The lowest BCUT2D eigenvalue weighted by Gasteiger charge is -2.00. The molecule has 2 aromatic carbocycles. The monoisotopic (exact) mass is 340 g/mol. The molecule has 0 atom stereocenters. The van der Waals surface area contributed by atoms with Crippen molar-refractivity contribution in [2.45, 2.75) is 6.54 Å². The van der Waals surface area contributed by atoms with Crippen molar-refractivity contribution in [1.82, 2.24) is 9.55 Å². The second kappa shape index (κ2) is 4.77. The van der Waals surface area contributed by atoms with Gasteiger partial charge in [-0.2, -0.15) is 4.57 Å². The minimum absolute atomic E-state index is 0.933. The van der Waals surface area contributed by atoms with Crippen molar-refractivity contribution in [3.63, 3.8) is 0 Å². The topological polar surface area (TPSA) is 21.7 Å². The molecule has 5 aromatic rings. The lowest BCUT2D eigenvalue weighted by molar-refractivity contribution is -0.644. The third kappa shape index (κ3) is 1.69. The molecule has 0 fully saturated rings. The Bertz CT molecular complexity index is 1260. The van der Waals surface area contributed by atoms with E-state index in [2.05, 4.69) is 74.8 Å². The standard InChI is InChI=1S/C21H14N3S/c1-2-7-15(8-3-1)24-18-12-22-11-10-17(18)19-20(24)23-13-14-6-4-5-9-16(14)21(23)25-19/h1-12H,13H2/q+1. The van der Waals surface area contributed by atoms with E-state index in [0.29, 0.717) is 0 Å². The number of para-hydroxylation sites is 1. The molecule has 4 heterocycles. The summed E-state index contributed by atoms with van der Waals surface area (Å²) < 4.78 is 6.15. The van der Waals surface area contributed by atoms with E-state index in [1.807, 2.05) is 23.7 Å². The van der Waals surface area contributed by atoms with E-state index in [1.54, 1.807) is 0 Å². The van der Waals surface area contributed by atoms with Crippen molar-refractivity contribution in [2.24, 2.45) is 0 Å². The number of benzene rings is 2. The number of fused-ring (bicyclic) bond motifs is 7. The molecule has 3 aromatic heterocycles. The first-order valence-corrected chi connectivity index (χ1v) is 9.18. The number of pyridine rings is 1. The lowest BCUT2D eigenvalue weighted by Crippen LogP contribution is -2.32. The van der Waals surface area contributed by atoms with E-state index in [-0.39, 0.29) is 0 Å². The van der Waals surface area contributed by atoms with Gasteiger partial charge in [0, 0.05) is 17.3 Å². The zero-order valence-corrected chi connectivity index (χ0v) is 14.2. The molecule has 0 bridgehead atoms. The zero-order chi connectivity index (χ0) is 16.4. The normalized spacial score (nSPS) is 12.6. The molecule has 0 saturated carbocycles. The summed E-state index contributed by atoms with van der Waals surface area (Å²) in [6.07, 6.45) is 3.87. The average Bonchev–Trinajstić information content (AvgIpc) is 3.30. The summed E-state index contributed by atoms with van der Waals surface area (Å²) in [6.45, 7) is 0.933. The summed E-state index contributed by atoms with van der Waals surface area (Å²) in [7, 11) is 0. The Morgan fingerprint density at radius 1 is 0.960 bits per heavy atom. The van der Waals surface area contributed by atoms with Crippen LogP contribution in [0.2, 0.25) is 0 Å². The molecule has 0 saturated heterocycles. The van der Waals surface area contributed by atoms with Crippen molar-refractivity contribution in [3.05, 3.63) is 78.6 Å². The van der Waals surface area contributed by atoms with Crippen LogP contribution in [0.5, 0.6) is 0 Å². The van der Waals surface area contributed by atoms with Crippen LogP contribution in [-0.4, -0.2) is 9.55 Å². The van der Waals surface area contributed by atoms with Gasteiger partial charge in [-0.1, -0.05) is 47.7 Å². The van der Waals surface area contributed by atoms with Gasteiger partial charge < -0.3 is 0 Å². The van der Waals surface area contributed by atoms with Crippen LogP contribution >= 0.6 is 11.3 Å². The maximum Gasteiger partial charge on any atom is 0.306 e. The largest absolute Gasteiger partial charge is 0.306 e. The molecule has 118 valence electrons. The number of aromatic nitrogens is 3. The number of hydrogen-bond donors (Lipinski definition) is 0. The van der Waals surface area contributed by atoms with Crippen molar-refractivity contribution in [1.29, 1.82) is 0 Å². The van der Waals surface area contributed by atoms with E-state index in [0.717, 1.165) is 6.54 Å². The third-order valence-corrected chi connectivity index (χ3v) is 6.23. The number of hydrogen-bond acceptors (Lipinski definition) is 2. The molecule has 0 amide bonds. The molecular weight excluding hydrogens is 326 g/mol. The second-order valence-electron chi connectivity index (χ2n) is 6.37. The van der Waals surface area contributed by atoms with Crippen molar-refractivity contribution in [2.75, 3.05) is 0 Å². The van der Waals surface area contributed by atoms with Crippen LogP contribution < -0.4 is 4.57 Å². The molecule has 6 rings (SSSR count). The number of nitrogens with zero attached hydrogens (tertiary/aromatic N) is 3. The van der Waals surface area contributed by atoms with E-state index in [1.165, 1.54) is 43.1 Å². The van der Waals surface area contributed by atoms with Crippen LogP contribution in [0.1, 0.15) is 5.56 Å². The van der Waals surface area contributed by atoms with Gasteiger partial charge in [0.25, 0.3) is 0 Å². The molecule has 1 aliphatic rings. The van der Waals surface area contributed by atoms with E-state index in [9.17, 15) is 0 Å². The molecule has 1 aliphatic heterocycles. The SMILES string of the molecule is c1ccc(-n2c3cnccc3c3sc4[n+](c32)Cc2ccccc2-4)cc1. The van der Waals surface area contributed by atoms with Crippen molar-refractivity contribution >= 4 is 32.6 Å². The van der Waals surface area contributed by atoms with Crippen LogP contribution in [-0.2, 0) is 6.54 Å². The minimum Gasteiger partial charge on any atom is -0.260 e. The first-order valence-electron chi connectivity index (χ1n) is 8.36. The zero-order valence-electron chi connectivity index (χ0n) is 13.4. The Kier molecular flexibility index (Phi) is 2.54. The molecule has 0 N–H and O–H groups in total. The van der Waals surface area contributed by atoms with Gasteiger partial charge in [-0.25, -0.2) is 4.57 Å². The summed E-state index contributed by atoms with van der Waals surface area (Å²) >= 11 is 1.89. The van der Waals surface area contributed by atoms with Crippen LogP contribution in [0.15, 0.2) is 73.1 Å². The van der Waals surface area contributed by atoms with E-state index < -0.39 is 0 Å². The summed E-state index contributed by atoms with van der Waals surface area (Å²) in [4.78, 5) is 4.38. The molecule has 0 spiro atoms. The van der Waals surface area contributed by atoms with Gasteiger partial charge in [0.2, 0.25) is 0 Å². The van der Waals surface area contributed by atoms with Crippen LogP contribution in [0.25, 0.3) is 37.5 Å². The maximum atomic E-state index is 4.38. The highest BCUT2D eigenvalue weighted by atomic mass is 32.1. The second-order valence-corrected chi connectivity index (χ2v) is 7.37. The highest BCUT2D eigenvalue weighted by molar-refractivity contribution is 7.22. The smallest absolute Gasteiger partial charge is 0.260 e. The third-order valence-electron chi connectivity index (χ3n) is 4.99. The lowest BCUT2D eigenvalue weighted by atomic mass is 10.1. The van der Waals surface area contributed by atoms with Crippen LogP contribution in [0.4, 0.5) is 0 Å². The fourth-order valence-electron chi connectivity index (χ4n) is 3.91. The molecular formula is C21H14N3S+. The van der Waals surface area contributed by atoms with Gasteiger partial charge in [0.1, 0.15) is 16.9 Å². The Balaban J connectivity index is 1.79. The van der Waals surface area contributed by atoms with Gasteiger partial charge in [-0.15, -0.1) is 0 Å². The fraction of sp³-hybridized carbons (Fsp3) is 0.0476. The van der Waals surface area contributed by atoms with Gasteiger partial charge in [-0.3, -0.25) is 4.98 Å². The maximum absolute atomic E-state index is 4.38. The predicted octanol–water partition coefficient (Wildman–Crippen LogP) is 4.56. The summed E-state index contributed by atoms with van der Waals surface area (Å²) in [5.41, 5.74) is 6.38. The average molecular weight is 340 g/mol. The quantitative estimate of drug-likeness (QED) is 0.402. The molecule has 3 nitrogen and oxygen atoms in total. The number of rotatable bonds is 1. The van der Waals surface area contributed by atoms with Crippen molar-refractivity contribution in [3.8, 4) is 16.3 Å². The first kappa shape index (κ1) is 13.3. The Morgan fingerprint density at radius 3 is 2.72 bits per heavy atom. The van der Waals surface area contributed by atoms with Gasteiger partial charge in [0.05, 0.1) is 11.6 Å².